The molecule has 0 fully saturated rings. The van der Waals surface area contributed by atoms with Crippen LogP contribution in [0, 0.1) is 0 Å². The van der Waals surface area contributed by atoms with Crippen molar-refractivity contribution in [2.24, 2.45) is 0 Å². The zero-order chi connectivity index (χ0) is 15.4. The van der Waals surface area contributed by atoms with Gasteiger partial charge in [-0.25, -0.2) is 4.79 Å². The maximum absolute atomic E-state index is 11.7. The number of nitrogens with zero attached hydrogens (tertiary/aromatic N) is 1. The van der Waals surface area contributed by atoms with Gasteiger partial charge in [-0.05, 0) is 23.8 Å². The summed E-state index contributed by atoms with van der Waals surface area (Å²) >= 11 is 0. The lowest BCUT2D eigenvalue weighted by molar-refractivity contribution is -0.148. The van der Waals surface area contributed by atoms with E-state index in [2.05, 4.69) is 0 Å². The molecule has 0 aliphatic carbocycles. The minimum Gasteiger partial charge on any atom is -0.497 e. The van der Waals surface area contributed by atoms with Gasteiger partial charge in [-0.2, -0.15) is 0 Å². The van der Waals surface area contributed by atoms with Crippen LogP contribution in [0.2, 0.25) is 0 Å². The van der Waals surface area contributed by atoms with Crippen molar-refractivity contribution in [3.05, 3.63) is 48.5 Å². The van der Waals surface area contributed by atoms with Crippen LogP contribution in [0.25, 0.3) is 11.1 Å². The number of methoxy groups -OCH3 is 1. The van der Waals surface area contributed by atoms with Crippen LogP contribution in [-0.2, 0) is 9.59 Å². The van der Waals surface area contributed by atoms with Crippen LogP contribution in [0.5, 0.6) is 5.75 Å². The number of rotatable bonds is 3. The second kappa shape index (κ2) is 6.09. The lowest BCUT2D eigenvalue weighted by Crippen LogP contribution is -2.33. The molecule has 0 atom stereocenters. The average Bonchev–Trinajstić information content (AvgIpc) is 2.53. The molecule has 0 spiro atoms. The maximum Gasteiger partial charge on any atom is 0.394 e. The molecule has 0 aromatic heterocycles. The second-order valence-electron chi connectivity index (χ2n) is 4.42. The second-order valence-corrected chi connectivity index (χ2v) is 4.42. The standard InChI is InChI=1S/C16H15NO4/c1-17(15(18)16(19)20)14-9-8-12(21-2)10-13(14)11-6-4-3-5-7-11/h3-10H,1-2H3,(H,19,20). The number of aliphatic carboxylic acids is 1. The molecule has 0 saturated heterocycles. The van der Waals surface area contributed by atoms with Crippen molar-refractivity contribution in [3.8, 4) is 16.9 Å². The number of hydrogen-bond donors (Lipinski definition) is 1. The van der Waals surface area contributed by atoms with Gasteiger partial charge < -0.3 is 14.7 Å². The van der Waals surface area contributed by atoms with Crippen LogP contribution in [0.4, 0.5) is 5.69 Å². The quantitative estimate of drug-likeness (QED) is 0.879. The monoisotopic (exact) mass is 285 g/mol. The van der Waals surface area contributed by atoms with Crippen LogP contribution in [0.15, 0.2) is 48.5 Å². The molecule has 0 bridgehead atoms. The van der Waals surface area contributed by atoms with Crippen LogP contribution >= 0.6 is 0 Å². The van der Waals surface area contributed by atoms with Crippen LogP contribution in [0.1, 0.15) is 0 Å². The van der Waals surface area contributed by atoms with Gasteiger partial charge in [0, 0.05) is 12.6 Å². The Morgan fingerprint density at radius 1 is 1.10 bits per heavy atom. The summed E-state index contributed by atoms with van der Waals surface area (Å²) in [6.45, 7) is 0. The van der Waals surface area contributed by atoms with E-state index in [0.29, 0.717) is 11.4 Å². The third-order valence-corrected chi connectivity index (χ3v) is 3.14. The molecule has 21 heavy (non-hydrogen) atoms. The average molecular weight is 285 g/mol. The van der Waals surface area contributed by atoms with Crippen molar-refractivity contribution in [2.45, 2.75) is 0 Å². The van der Waals surface area contributed by atoms with Crippen molar-refractivity contribution in [1.82, 2.24) is 0 Å². The highest BCUT2D eigenvalue weighted by Crippen LogP contribution is 2.33. The molecule has 108 valence electrons. The smallest absolute Gasteiger partial charge is 0.394 e. The summed E-state index contributed by atoms with van der Waals surface area (Å²) in [7, 11) is 2.99. The number of carboxylic acid groups (broad SMARTS) is 1. The third kappa shape index (κ3) is 3.02. The van der Waals surface area contributed by atoms with E-state index in [-0.39, 0.29) is 0 Å². The Morgan fingerprint density at radius 3 is 2.33 bits per heavy atom. The Bertz CT molecular complexity index is 667. The van der Waals surface area contributed by atoms with Crippen LogP contribution < -0.4 is 9.64 Å². The van der Waals surface area contributed by atoms with Gasteiger partial charge in [0.1, 0.15) is 5.75 Å². The van der Waals surface area contributed by atoms with Gasteiger partial charge in [-0.15, -0.1) is 0 Å². The van der Waals surface area contributed by atoms with E-state index in [1.165, 1.54) is 7.05 Å². The number of benzene rings is 2. The number of hydrogen-bond acceptors (Lipinski definition) is 3. The predicted octanol–water partition coefficient (Wildman–Crippen LogP) is 2.41. The number of amides is 1. The van der Waals surface area contributed by atoms with Crippen LogP contribution in [0.3, 0.4) is 0 Å². The molecule has 1 amide bonds. The molecular formula is C16H15NO4. The SMILES string of the molecule is COc1ccc(N(C)C(=O)C(=O)O)c(-c2ccccc2)c1. The zero-order valence-electron chi connectivity index (χ0n) is 11.7. The molecule has 5 heteroatoms. The first-order valence-electron chi connectivity index (χ1n) is 6.29. The fraction of sp³-hybridized carbons (Fsp3) is 0.125. The number of likely N-dealkylation sites (N-methyl/N-ethyl adjacent to an activating group) is 1. The van der Waals surface area contributed by atoms with E-state index in [1.807, 2.05) is 30.3 Å². The van der Waals surface area contributed by atoms with E-state index in [4.69, 9.17) is 9.84 Å². The predicted molar refractivity (Wildman–Crippen MR) is 79.5 cm³/mol. The molecule has 0 aliphatic rings. The van der Waals surface area contributed by atoms with Gasteiger partial charge in [0.05, 0.1) is 12.8 Å². The number of anilines is 1. The van der Waals surface area contributed by atoms with Crippen molar-refractivity contribution in [1.29, 1.82) is 0 Å². The molecule has 0 heterocycles. The number of carbonyl (C=O) groups excluding carboxylic acids is 1. The topological polar surface area (TPSA) is 66.8 Å². The summed E-state index contributed by atoms with van der Waals surface area (Å²) < 4.78 is 5.20. The fourth-order valence-corrected chi connectivity index (χ4v) is 2.04. The summed E-state index contributed by atoms with van der Waals surface area (Å²) in [5.74, 6) is -1.85. The molecule has 5 nitrogen and oxygen atoms in total. The highest BCUT2D eigenvalue weighted by atomic mass is 16.5. The van der Waals surface area contributed by atoms with E-state index in [0.717, 1.165) is 16.0 Å². The minimum atomic E-state index is -1.49. The third-order valence-electron chi connectivity index (χ3n) is 3.14. The Labute approximate surface area is 122 Å². The molecular weight excluding hydrogens is 270 g/mol. The molecule has 0 radical (unpaired) electrons. The lowest BCUT2D eigenvalue weighted by Gasteiger charge is -2.19. The number of ether oxygens (including phenoxy) is 1. The van der Waals surface area contributed by atoms with Gasteiger partial charge in [-0.1, -0.05) is 30.3 Å². The first kappa shape index (κ1) is 14.6. The summed E-state index contributed by atoms with van der Waals surface area (Å²) in [6.07, 6.45) is 0. The largest absolute Gasteiger partial charge is 0.497 e. The normalized spacial score (nSPS) is 10.0. The molecule has 1 N–H and O–H groups in total. The summed E-state index contributed by atoms with van der Waals surface area (Å²) in [4.78, 5) is 23.7. The summed E-state index contributed by atoms with van der Waals surface area (Å²) in [5.41, 5.74) is 2.11. The first-order valence-corrected chi connectivity index (χ1v) is 6.29. The van der Waals surface area contributed by atoms with Crippen LogP contribution in [-0.4, -0.2) is 31.1 Å². The van der Waals surface area contributed by atoms with Gasteiger partial charge >= 0.3 is 11.9 Å². The van der Waals surface area contributed by atoms with Gasteiger partial charge in [-0.3, -0.25) is 4.79 Å². The summed E-state index contributed by atoms with van der Waals surface area (Å²) in [6, 6.07) is 14.5. The minimum absolute atomic E-state index is 0.509. The van der Waals surface area contributed by atoms with E-state index >= 15 is 0 Å². The first-order chi connectivity index (χ1) is 10.0. The van der Waals surface area contributed by atoms with Crippen molar-refractivity contribution in [2.75, 3.05) is 19.1 Å². The lowest BCUT2D eigenvalue weighted by atomic mass is 10.0. The van der Waals surface area contributed by atoms with Crippen molar-refractivity contribution >= 4 is 17.6 Å². The molecule has 0 saturated carbocycles. The molecule has 2 rings (SSSR count). The number of carbonyl (C=O) groups is 2. The van der Waals surface area contributed by atoms with Crippen molar-refractivity contribution in [3.63, 3.8) is 0 Å². The van der Waals surface area contributed by atoms with E-state index in [1.54, 1.807) is 25.3 Å². The number of carboxylic acids is 1. The Kier molecular flexibility index (Phi) is 4.23. The van der Waals surface area contributed by atoms with E-state index in [9.17, 15) is 9.59 Å². The highest BCUT2D eigenvalue weighted by Gasteiger charge is 2.21. The Hall–Kier alpha value is -2.82. The van der Waals surface area contributed by atoms with E-state index < -0.39 is 11.9 Å². The zero-order valence-corrected chi connectivity index (χ0v) is 11.7. The molecule has 2 aromatic carbocycles. The Balaban J connectivity index is 2.56. The molecule has 0 unspecified atom stereocenters. The van der Waals surface area contributed by atoms with Crippen molar-refractivity contribution < 1.29 is 19.4 Å². The Morgan fingerprint density at radius 2 is 1.76 bits per heavy atom. The fourth-order valence-electron chi connectivity index (χ4n) is 2.04. The van der Waals surface area contributed by atoms with Gasteiger partial charge in [0.25, 0.3) is 0 Å². The van der Waals surface area contributed by atoms with Gasteiger partial charge in [0.2, 0.25) is 0 Å². The summed E-state index contributed by atoms with van der Waals surface area (Å²) in [5, 5.41) is 8.86. The molecule has 2 aromatic rings. The molecule has 0 aliphatic heterocycles. The van der Waals surface area contributed by atoms with Gasteiger partial charge in [0.15, 0.2) is 0 Å². The maximum atomic E-state index is 11.7. The highest BCUT2D eigenvalue weighted by molar-refractivity contribution is 6.37.